The molecule has 0 aliphatic carbocycles. The second kappa shape index (κ2) is 6.58. The van der Waals surface area contributed by atoms with Gasteiger partial charge in [-0.25, -0.2) is 4.98 Å². The second-order valence-corrected chi connectivity index (χ2v) is 5.87. The molecule has 0 aromatic carbocycles. The van der Waals surface area contributed by atoms with Crippen molar-refractivity contribution in [3.63, 3.8) is 0 Å². The minimum atomic E-state index is -1.07. The first-order valence-corrected chi connectivity index (χ1v) is 7.36. The molecule has 9 heteroatoms. The Morgan fingerprint density at radius 3 is 2.86 bits per heavy atom. The molecule has 2 heterocycles. The number of hydrogen-bond donors (Lipinski definition) is 4. The summed E-state index contributed by atoms with van der Waals surface area (Å²) < 4.78 is 0. The van der Waals surface area contributed by atoms with Crippen molar-refractivity contribution in [3.8, 4) is 11.3 Å². The highest BCUT2D eigenvalue weighted by Crippen LogP contribution is 2.27. The molecule has 22 heavy (non-hydrogen) atoms. The minimum Gasteiger partial charge on any atom is -0.480 e. The summed E-state index contributed by atoms with van der Waals surface area (Å²) in [5.41, 5.74) is 8.12. The number of nitrogens with one attached hydrogen (secondary N) is 2. The first-order chi connectivity index (χ1) is 10.4. The van der Waals surface area contributed by atoms with Crippen LogP contribution in [0.2, 0.25) is 0 Å². The van der Waals surface area contributed by atoms with E-state index in [9.17, 15) is 4.79 Å². The van der Waals surface area contributed by atoms with E-state index in [1.807, 2.05) is 36.6 Å². The van der Waals surface area contributed by atoms with Gasteiger partial charge in [-0.1, -0.05) is 0 Å². The molecular weight excluding hydrogens is 304 g/mol. The normalized spacial score (nSPS) is 10.9. The Balaban J connectivity index is 2.21. The molecule has 0 radical (unpaired) electrons. The van der Waals surface area contributed by atoms with Gasteiger partial charge in [-0.05, 0) is 20.2 Å². The van der Waals surface area contributed by atoms with E-state index in [2.05, 4.69) is 9.97 Å². The lowest BCUT2D eigenvalue weighted by Gasteiger charge is -2.16. The van der Waals surface area contributed by atoms with Gasteiger partial charge in [-0.15, -0.1) is 11.3 Å². The van der Waals surface area contributed by atoms with E-state index in [1.165, 1.54) is 11.3 Å². The van der Waals surface area contributed by atoms with Crippen LogP contribution in [-0.2, 0) is 11.3 Å². The van der Waals surface area contributed by atoms with Crippen LogP contribution in [0.1, 0.15) is 5.69 Å². The molecule has 0 unspecified atom stereocenters. The number of carbonyl (C=O) groups is 1. The summed E-state index contributed by atoms with van der Waals surface area (Å²) in [6.45, 7) is 0.400. The fourth-order valence-corrected chi connectivity index (χ4v) is 2.78. The summed E-state index contributed by atoms with van der Waals surface area (Å²) in [5, 5.41) is 18.6. The van der Waals surface area contributed by atoms with Crippen LogP contribution in [0.15, 0.2) is 17.6 Å². The van der Waals surface area contributed by atoms with Crippen molar-refractivity contribution in [3.05, 3.63) is 23.3 Å². The molecule has 0 saturated heterocycles. The number of anilines is 1. The van der Waals surface area contributed by atoms with Crippen molar-refractivity contribution in [2.24, 2.45) is 5.73 Å². The number of thiazole rings is 1. The maximum absolute atomic E-state index is 10.8. The van der Waals surface area contributed by atoms with Crippen molar-refractivity contribution in [2.45, 2.75) is 6.54 Å². The summed E-state index contributed by atoms with van der Waals surface area (Å²) in [6, 6.07) is 1.99. The number of aromatic amines is 1. The Morgan fingerprint density at radius 2 is 2.27 bits per heavy atom. The van der Waals surface area contributed by atoms with Crippen LogP contribution < -0.4 is 10.6 Å². The number of carboxylic acid groups (broad SMARTS) is 1. The van der Waals surface area contributed by atoms with Crippen LogP contribution in [0.5, 0.6) is 0 Å². The smallest absolute Gasteiger partial charge is 0.323 e. The van der Waals surface area contributed by atoms with Gasteiger partial charge in [-0.2, -0.15) is 0 Å². The number of aliphatic carboxylic acids is 1. The molecule has 118 valence electrons. The van der Waals surface area contributed by atoms with Gasteiger partial charge in [-0.3, -0.25) is 15.1 Å². The standard InChI is InChI=1S/C13H18N6O2S/c1-18(2)5-9-3-8(4-16-9)10-7-22-13(17-10)19(12(14)15)6-11(20)21/h3-4,7,16H,5-6H2,1-2H3,(H3,14,15)(H,20,21). The number of nitrogens with zero attached hydrogens (tertiary/aromatic N) is 3. The third-order valence-electron chi connectivity index (χ3n) is 2.83. The molecule has 0 fully saturated rings. The maximum Gasteiger partial charge on any atom is 0.323 e. The van der Waals surface area contributed by atoms with Gasteiger partial charge in [0, 0.05) is 29.4 Å². The van der Waals surface area contributed by atoms with Crippen LogP contribution in [0.25, 0.3) is 11.3 Å². The van der Waals surface area contributed by atoms with E-state index >= 15 is 0 Å². The molecule has 0 aliphatic heterocycles. The van der Waals surface area contributed by atoms with E-state index in [0.29, 0.717) is 5.13 Å². The highest BCUT2D eigenvalue weighted by molar-refractivity contribution is 7.14. The summed E-state index contributed by atoms with van der Waals surface area (Å²) >= 11 is 1.25. The Hall–Kier alpha value is -2.39. The molecule has 0 amide bonds. The number of rotatable bonds is 6. The number of guanidine groups is 1. The largest absolute Gasteiger partial charge is 0.480 e. The Labute approximate surface area is 131 Å². The van der Waals surface area contributed by atoms with Crippen molar-refractivity contribution >= 4 is 28.4 Å². The highest BCUT2D eigenvalue weighted by atomic mass is 32.1. The zero-order chi connectivity index (χ0) is 16.3. The lowest BCUT2D eigenvalue weighted by atomic mass is 10.2. The topological polar surface area (TPSA) is 122 Å². The van der Waals surface area contributed by atoms with Crippen molar-refractivity contribution < 1.29 is 9.90 Å². The fraction of sp³-hybridized carbons (Fsp3) is 0.308. The van der Waals surface area contributed by atoms with Crippen LogP contribution in [-0.4, -0.2) is 52.5 Å². The lowest BCUT2D eigenvalue weighted by molar-refractivity contribution is -0.135. The average molecular weight is 322 g/mol. The molecule has 0 spiro atoms. The van der Waals surface area contributed by atoms with Gasteiger partial charge >= 0.3 is 5.97 Å². The first-order valence-electron chi connectivity index (χ1n) is 6.48. The number of nitrogens with two attached hydrogens (primary N) is 1. The van der Waals surface area contributed by atoms with Gasteiger partial charge in [0.1, 0.15) is 6.54 Å². The SMILES string of the molecule is CN(C)Cc1cc(-c2csc(N(CC(=O)O)C(=N)N)n2)c[nH]1. The van der Waals surface area contributed by atoms with Gasteiger partial charge in [0.05, 0.1) is 5.69 Å². The third kappa shape index (κ3) is 3.83. The predicted molar refractivity (Wildman–Crippen MR) is 86.2 cm³/mol. The average Bonchev–Trinajstić information content (AvgIpc) is 3.03. The monoisotopic (exact) mass is 322 g/mol. The Morgan fingerprint density at radius 1 is 1.55 bits per heavy atom. The predicted octanol–water partition coefficient (Wildman–Crippen LogP) is 0.984. The quantitative estimate of drug-likeness (QED) is 0.464. The van der Waals surface area contributed by atoms with Crippen LogP contribution in [0, 0.1) is 5.41 Å². The maximum atomic E-state index is 10.8. The van der Waals surface area contributed by atoms with E-state index in [-0.39, 0.29) is 12.5 Å². The second-order valence-electron chi connectivity index (χ2n) is 5.03. The van der Waals surface area contributed by atoms with E-state index in [1.54, 1.807) is 0 Å². The molecule has 0 atom stereocenters. The minimum absolute atomic E-state index is 0.342. The molecule has 8 nitrogen and oxygen atoms in total. The fourth-order valence-electron chi connectivity index (χ4n) is 1.93. The van der Waals surface area contributed by atoms with Crippen molar-refractivity contribution in [1.29, 1.82) is 5.41 Å². The van der Waals surface area contributed by atoms with Crippen LogP contribution >= 0.6 is 11.3 Å². The van der Waals surface area contributed by atoms with Crippen molar-refractivity contribution in [1.82, 2.24) is 14.9 Å². The Bertz CT molecular complexity index is 678. The zero-order valence-corrected chi connectivity index (χ0v) is 13.1. The zero-order valence-electron chi connectivity index (χ0n) is 12.3. The summed E-state index contributed by atoms with van der Waals surface area (Å²) in [5.74, 6) is -1.41. The van der Waals surface area contributed by atoms with Gasteiger partial charge in [0.15, 0.2) is 11.1 Å². The van der Waals surface area contributed by atoms with E-state index in [4.69, 9.17) is 16.2 Å². The van der Waals surface area contributed by atoms with E-state index < -0.39 is 5.97 Å². The number of aromatic nitrogens is 2. The Kier molecular flexibility index (Phi) is 4.78. The number of H-pyrrole nitrogens is 1. The molecule has 5 N–H and O–H groups in total. The summed E-state index contributed by atoms with van der Waals surface area (Å²) in [6.07, 6.45) is 1.85. The molecule has 2 rings (SSSR count). The highest BCUT2D eigenvalue weighted by Gasteiger charge is 2.18. The van der Waals surface area contributed by atoms with Crippen LogP contribution in [0.4, 0.5) is 5.13 Å². The van der Waals surface area contributed by atoms with Crippen LogP contribution in [0.3, 0.4) is 0 Å². The number of hydrogen-bond acceptors (Lipinski definition) is 5. The summed E-state index contributed by atoms with van der Waals surface area (Å²) in [7, 11) is 3.97. The van der Waals surface area contributed by atoms with E-state index in [0.717, 1.165) is 28.4 Å². The van der Waals surface area contributed by atoms with Gasteiger partial charge < -0.3 is 20.7 Å². The lowest BCUT2D eigenvalue weighted by Crippen LogP contribution is -2.40. The molecule has 2 aromatic heterocycles. The molecular formula is C13H18N6O2S. The number of carboxylic acids is 1. The molecule has 0 saturated carbocycles. The third-order valence-corrected chi connectivity index (χ3v) is 3.70. The first kappa shape index (κ1) is 16.0. The van der Waals surface area contributed by atoms with Gasteiger partial charge in [0.25, 0.3) is 0 Å². The molecule has 2 aromatic rings. The van der Waals surface area contributed by atoms with Gasteiger partial charge in [0.2, 0.25) is 0 Å². The van der Waals surface area contributed by atoms with Crippen molar-refractivity contribution in [2.75, 3.05) is 25.5 Å². The summed E-state index contributed by atoms with van der Waals surface area (Å²) in [4.78, 5) is 21.6. The molecule has 0 bridgehead atoms. The molecule has 0 aliphatic rings.